The molecular formula is C12H20O2S. The minimum atomic E-state index is -0.00606. The predicted octanol–water partition coefficient (Wildman–Crippen LogP) is 2.82. The molecule has 0 atom stereocenters. The van der Waals surface area contributed by atoms with Crippen LogP contribution in [0.2, 0.25) is 0 Å². The molecule has 2 rings (SSSR count). The molecule has 2 fully saturated rings. The second-order valence-corrected chi connectivity index (χ2v) is 5.48. The van der Waals surface area contributed by atoms with Gasteiger partial charge in [0.2, 0.25) is 0 Å². The molecule has 0 saturated heterocycles. The molecule has 0 N–H and O–H groups in total. The molecule has 0 spiro atoms. The lowest BCUT2D eigenvalue weighted by Gasteiger charge is -2.13. The van der Waals surface area contributed by atoms with E-state index in [-0.39, 0.29) is 11.4 Å². The topological polar surface area (TPSA) is 26.3 Å². The molecule has 86 valence electrons. The number of esters is 1. The van der Waals surface area contributed by atoms with Gasteiger partial charge in [-0.3, -0.25) is 4.79 Å². The fourth-order valence-electron chi connectivity index (χ4n) is 2.31. The number of hydrogen-bond donors (Lipinski definition) is 1. The van der Waals surface area contributed by atoms with Crippen LogP contribution in [-0.4, -0.2) is 18.3 Å². The van der Waals surface area contributed by atoms with Crippen molar-refractivity contribution in [2.24, 2.45) is 11.3 Å². The Bertz CT molecular complexity index is 230. The van der Waals surface area contributed by atoms with Crippen LogP contribution in [0.5, 0.6) is 0 Å². The second-order valence-electron chi connectivity index (χ2n) is 5.17. The van der Waals surface area contributed by atoms with Crippen LogP contribution in [0.15, 0.2) is 0 Å². The van der Waals surface area contributed by atoms with Crippen molar-refractivity contribution >= 4 is 18.6 Å². The Morgan fingerprint density at radius 2 is 2.00 bits per heavy atom. The Balaban J connectivity index is 1.64. The summed E-state index contributed by atoms with van der Waals surface area (Å²) < 4.78 is 5.33. The maximum atomic E-state index is 11.6. The van der Waals surface area contributed by atoms with Gasteiger partial charge in [0.25, 0.3) is 0 Å². The number of hydrogen-bond acceptors (Lipinski definition) is 3. The van der Waals surface area contributed by atoms with E-state index in [1.54, 1.807) is 0 Å². The van der Waals surface area contributed by atoms with Gasteiger partial charge in [-0.25, -0.2) is 0 Å². The molecule has 3 heteroatoms. The molecule has 0 amide bonds. The maximum absolute atomic E-state index is 11.6. The molecule has 0 radical (unpaired) electrons. The molecule has 0 bridgehead atoms. The van der Waals surface area contributed by atoms with Crippen molar-refractivity contribution in [1.29, 1.82) is 0 Å². The van der Waals surface area contributed by atoms with Crippen LogP contribution >= 0.6 is 12.6 Å². The zero-order valence-corrected chi connectivity index (χ0v) is 10.1. The Kier molecular flexibility index (Phi) is 3.60. The third-order valence-corrected chi connectivity index (χ3v) is 4.44. The summed E-state index contributed by atoms with van der Waals surface area (Å²) in [6.07, 6.45) is 7.98. The summed E-state index contributed by atoms with van der Waals surface area (Å²) in [5, 5.41) is 0. The third-order valence-electron chi connectivity index (χ3n) is 3.77. The standard InChI is InChI=1S/C12H20O2S/c13-11(7-12(9-15)5-6-12)14-8-10-3-1-2-4-10/h10,15H,1-9H2. The van der Waals surface area contributed by atoms with Crippen LogP contribution in [0, 0.1) is 11.3 Å². The molecule has 2 saturated carbocycles. The quantitative estimate of drug-likeness (QED) is 0.578. The fourth-order valence-corrected chi connectivity index (χ4v) is 2.74. The van der Waals surface area contributed by atoms with Crippen LogP contribution in [0.1, 0.15) is 44.9 Å². The lowest BCUT2D eigenvalue weighted by atomic mass is 10.1. The molecular weight excluding hydrogens is 208 g/mol. The van der Waals surface area contributed by atoms with E-state index in [1.807, 2.05) is 0 Å². The highest BCUT2D eigenvalue weighted by Crippen LogP contribution is 2.49. The van der Waals surface area contributed by atoms with E-state index in [1.165, 1.54) is 25.7 Å². The first kappa shape index (κ1) is 11.3. The number of rotatable bonds is 5. The zero-order chi connectivity index (χ0) is 10.7. The molecule has 0 unspecified atom stereocenters. The number of thiol groups is 1. The highest BCUT2D eigenvalue weighted by atomic mass is 32.1. The van der Waals surface area contributed by atoms with Gasteiger partial charge in [-0.15, -0.1) is 0 Å². The van der Waals surface area contributed by atoms with Gasteiger partial charge in [-0.1, -0.05) is 12.8 Å². The van der Waals surface area contributed by atoms with Gasteiger partial charge in [-0.05, 0) is 42.8 Å². The fraction of sp³-hybridized carbons (Fsp3) is 0.917. The van der Waals surface area contributed by atoms with Crippen molar-refractivity contribution in [2.45, 2.75) is 44.9 Å². The summed E-state index contributed by atoms with van der Waals surface area (Å²) in [4.78, 5) is 11.6. The van der Waals surface area contributed by atoms with E-state index >= 15 is 0 Å². The minimum absolute atomic E-state index is 0.00606. The molecule has 2 aliphatic rings. The van der Waals surface area contributed by atoms with Crippen molar-refractivity contribution in [3.63, 3.8) is 0 Å². The van der Waals surface area contributed by atoms with Crippen molar-refractivity contribution in [2.75, 3.05) is 12.4 Å². The highest BCUT2D eigenvalue weighted by Gasteiger charge is 2.43. The average Bonchev–Trinajstić information content (AvgIpc) is 2.80. The van der Waals surface area contributed by atoms with Crippen molar-refractivity contribution in [1.82, 2.24) is 0 Å². The smallest absolute Gasteiger partial charge is 0.306 e. The molecule has 0 aromatic carbocycles. The zero-order valence-electron chi connectivity index (χ0n) is 9.21. The van der Waals surface area contributed by atoms with E-state index in [0.29, 0.717) is 18.9 Å². The monoisotopic (exact) mass is 228 g/mol. The second kappa shape index (κ2) is 4.77. The van der Waals surface area contributed by atoms with Crippen molar-refractivity contribution in [3.8, 4) is 0 Å². The van der Waals surface area contributed by atoms with Crippen LogP contribution < -0.4 is 0 Å². The first-order valence-electron chi connectivity index (χ1n) is 6.01. The Labute approximate surface area is 97.2 Å². The van der Waals surface area contributed by atoms with E-state index in [2.05, 4.69) is 12.6 Å². The van der Waals surface area contributed by atoms with Gasteiger partial charge < -0.3 is 4.74 Å². The largest absolute Gasteiger partial charge is 0.465 e. The average molecular weight is 228 g/mol. The summed E-state index contributed by atoms with van der Waals surface area (Å²) >= 11 is 4.29. The highest BCUT2D eigenvalue weighted by molar-refractivity contribution is 7.80. The summed E-state index contributed by atoms with van der Waals surface area (Å²) in [6, 6.07) is 0. The predicted molar refractivity (Wildman–Crippen MR) is 63.1 cm³/mol. The Morgan fingerprint density at radius 3 is 2.53 bits per heavy atom. The van der Waals surface area contributed by atoms with Crippen LogP contribution in [0.25, 0.3) is 0 Å². The van der Waals surface area contributed by atoms with Crippen molar-refractivity contribution < 1.29 is 9.53 Å². The lowest BCUT2D eigenvalue weighted by molar-refractivity contribution is -0.146. The first-order valence-corrected chi connectivity index (χ1v) is 6.64. The first-order chi connectivity index (χ1) is 7.24. The van der Waals surface area contributed by atoms with Gasteiger partial charge in [0.05, 0.1) is 13.0 Å². The Morgan fingerprint density at radius 1 is 1.33 bits per heavy atom. The van der Waals surface area contributed by atoms with E-state index in [4.69, 9.17) is 4.74 Å². The SMILES string of the molecule is O=C(CC1(CS)CC1)OCC1CCCC1. The summed E-state index contributed by atoms with van der Waals surface area (Å²) in [6.45, 7) is 0.654. The van der Waals surface area contributed by atoms with Gasteiger partial charge in [0.1, 0.15) is 0 Å². The maximum Gasteiger partial charge on any atom is 0.306 e. The molecule has 2 aliphatic carbocycles. The molecule has 2 nitrogen and oxygen atoms in total. The molecule has 15 heavy (non-hydrogen) atoms. The van der Waals surface area contributed by atoms with Gasteiger partial charge in [-0.2, -0.15) is 12.6 Å². The molecule has 0 aromatic rings. The van der Waals surface area contributed by atoms with E-state index in [0.717, 1.165) is 18.6 Å². The summed E-state index contributed by atoms with van der Waals surface area (Å²) in [5.74, 6) is 1.46. The molecule has 0 heterocycles. The van der Waals surface area contributed by atoms with Gasteiger partial charge >= 0.3 is 5.97 Å². The minimum Gasteiger partial charge on any atom is -0.465 e. The van der Waals surface area contributed by atoms with Gasteiger partial charge in [0, 0.05) is 0 Å². The number of carbonyl (C=O) groups is 1. The molecule has 0 aliphatic heterocycles. The summed E-state index contributed by atoms with van der Waals surface area (Å²) in [5.41, 5.74) is 0.204. The van der Waals surface area contributed by atoms with E-state index < -0.39 is 0 Å². The lowest BCUT2D eigenvalue weighted by Crippen LogP contribution is -2.16. The summed E-state index contributed by atoms with van der Waals surface area (Å²) in [7, 11) is 0. The Hall–Kier alpha value is -0.180. The molecule has 0 aromatic heterocycles. The van der Waals surface area contributed by atoms with Crippen LogP contribution in [0.3, 0.4) is 0 Å². The number of carbonyl (C=O) groups excluding carboxylic acids is 1. The van der Waals surface area contributed by atoms with Crippen molar-refractivity contribution in [3.05, 3.63) is 0 Å². The third kappa shape index (κ3) is 3.13. The van der Waals surface area contributed by atoms with E-state index in [9.17, 15) is 4.79 Å². The van der Waals surface area contributed by atoms with Crippen LogP contribution in [-0.2, 0) is 9.53 Å². The van der Waals surface area contributed by atoms with Crippen LogP contribution in [0.4, 0.5) is 0 Å². The normalized spacial score (nSPS) is 24.1. The van der Waals surface area contributed by atoms with Gasteiger partial charge in [0.15, 0.2) is 0 Å². The number of ether oxygens (including phenoxy) is 1.